The van der Waals surface area contributed by atoms with Crippen LogP contribution in [0.1, 0.15) is 25.0 Å². The lowest BCUT2D eigenvalue weighted by Crippen LogP contribution is -2.41. The molecule has 2 aromatic rings. The van der Waals surface area contributed by atoms with Crippen LogP contribution in [0, 0.1) is 12.3 Å². The highest BCUT2D eigenvalue weighted by Gasteiger charge is 2.37. The maximum Gasteiger partial charge on any atom is 0.417 e. The number of rotatable bonds is 4. The molecule has 0 saturated carbocycles. The number of amides is 2. The standard InChI is InChI=1S/C19H18ClF3N2O2/c1-11-6-4-5-7-15(11)25-17(27)18(2,3)16(26)24-12-8-9-14(20)13(10-12)19(21,22)23/h4-10H,1-3H3,(H,24,26)(H,25,27). The summed E-state index contributed by atoms with van der Waals surface area (Å²) in [6.07, 6.45) is -4.66. The van der Waals surface area contributed by atoms with Crippen LogP contribution in [0.25, 0.3) is 0 Å². The number of nitrogens with one attached hydrogen (secondary N) is 2. The van der Waals surface area contributed by atoms with Gasteiger partial charge in [0.1, 0.15) is 5.41 Å². The van der Waals surface area contributed by atoms with Crippen molar-refractivity contribution < 1.29 is 22.8 Å². The molecule has 2 amide bonds. The summed E-state index contributed by atoms with van der Waals surface area (Å²) in [4.78, 5) is 25.0. The molecule has 0 fully saturated rings. The molecule has 0 aliphatic rings. The van der Waals surface area contributed by atoms with Crippen molar-refractivity contribution in [1.29, 1.82) is 0 Å². The fourth-order valence-electron chi connectivity index (χ4n) is 2.20. The molecule has 2 aromatic carbocycles. The quantitative estimate of drug-likeness (QED) is 0.689. The Morgan fingerprint density at radius 2 is 1.56 bits per heavy atom. The average Bonchev–Trinajstić information content (AvgIpc) is 2.57. The highest BCUT2D eigenvalue weighted by Crippen LogP contribution is 2.36. The molecule has 2 N–H and O–H groups in total. The third kappa shape index (κ3) is 4.80. The van der Waals surface area contributed by atoms with Crippen LogP contribution < -0.4 is 10.6 Å². The molecule has 0 atom stereocenters. The summed E-state index contributed by atoms with van der Waals surface area (Å²) >= 11 is 5.57. The molecule has 0 saturated heterocycles. The molecule has 0 aromatic heterocycles. The Kier molecular flexibility index (Phi) is 5.85. The number of para-hydroxylation sites is 1. The number of halogens is 4. The summed E-state index contributed by atoms with van der Waals surface area (Å²) < 4.78 is 38.8. The van der Waals surface area contributed by atoms with Crippen LogP contribution in [0.4, 0.5) is 24.5 Å². The second-order valence-electron chi connectivity index (χ2n) is 6.54. The van der Waals surface area contributed by atoms with E-state index in [1.54, 1.807) is 25.1 Å². The van der Waals surface area contributed by atoms with Crippen LogP contribution in [0.3, 0.4) is 0 Å². The number of hydrogen-bond donors (Lipinski definition) is 2. The molecule has 0 radical (unpaired) electrons. The first-order valence-corrected chi connectivity index (χ1v) is 8.36. The topological polar surface area (TPSA) is 58.2 Å². The van der Waals surface area contributed by atoms with E-state index in [1.165, 1.54) is 19.9 Å². The Bertz CT molecular complexity index is 879. The van der Waals surface area contributed by atoms with Gasteiger partial charge in [-0.3, -0.25) is 9.59 Å². The maximum atomic E-state index is 12.9. The van der Waals surface area contributed by atoms with Crippen molar-refractivity contribution in [3.05, 3.63) is 58.6 Å². The van der Waals surface area contributed by atoms with Gasteiger partial charge in [0, 0.05) is 11.4 Å². The van der Waals surface area contributed by atoms with Crippen molar-refractivity contribution in [2.24, 2.45) is 5.41 Å². The molecule has 0 unspecified atom stereocenters. The van der Waals surface area contributed by atoms with E-state index in [2.05, 4.69) is 10.6 Å². The normalized spacial score (nSPS) is 11.8. The van der Waals surface area contributed by atoms with Gasteiger partial charge in [-0.05, 0) is 50.6 Å². The van der Waals surface area contributed by atoms with Gasteiger partial charge in [-0.15, -0.1) is 0 Å². The van der Waals surface area contributed by atoms with Gasteiger partial charge in [0.15, 0.2) is 0 Å². The van der Waals surface area contributed by atoms with E-state index >= 15 is 0 Å². The van der Waals surface area contributed by atoms with Gasteiger partial charge in [0.25, 0.3) is 0 Å². The van der Waals surface area contributed by atoms with Crippen molar-refractivity contribution in [3.8, 4) is 0 Å². The highest BCUT2D eigenvalue weighted by atomic mass is 35.5. The predicted molar refractivity (Wildman–Crippen MR) is 98.7 cm³/mol. The van der Waals surface area contributed by atoms with Crippen LogP contribution in [0.15, 0.2) is 42.5 Å². The minimum absolute atomic E-state index is 0.103. The van der Waals surface area contributed by atoms with Gasteiger partial charge in [-0.1, -0.05) is 29.8 Å². The van der Waals surface area contributed by atoms with E-state index in [1.807, 2.05) is 6.07 Å². The Hall–Kier alpha value is -2.54. The zero-order valence-corrected chi connectivity index (χ0v) is 15.6. The lowest BCUT2D eigenvalue weighted by atomic mass is 9.90. The number of anilines is 2. The molecular weight excluding hydrogens is 381 g/mol. The van der Waals surface area contributed by atoms with Crippen LogP contribution in [-0.4, -0.2) is 11.8 Å². The van der Waals surface area contributed by atoms with Gasteiger partial charge in [0.05, 0.1) is 10.6 Å². The number of alkyl halides is 3. The Morgan fingerprint density at radius 1 is 0.963 bits per heavy atom. The number of benzene rings is 2. The maximum absolute atomic E-state index is 12.9. The molecule has 144 valence electrons. The second kappa shape index (κ2) is 7.60. The number of carbonyl (C=O) groups is 2. The lowest BCUT2D eigenvalue weighted by molar-refractivity contribution is -0.138. The molecular formula is C19H18ClF3N2O2. The van der Waals surface area contributed by atoms with Gasteiger partial charge >= 0.3 is 6.18 Å². The summed E-state index contributed by atoms with van der Waals surface area (Å²) in [6.45, 7) is 4.57. The fourth-order valence-corrected chi connectivity index (χ4v) is 2.43. The summed E-state index contributed by atoms with van der Waals surface area (Å²) in [6, 6.07) is 10.1. The largest absolute Gasteiger partial charge is 0.417 e. The molecule has 27 heavy (non-hydrogen) atoms. The second-order valence-corrected chi connectivity index (χ2v) is 6.95. The molecule has 0 aliphatic carbocycles. The molecule has 8 heteroatoms. The van der Waals surface area contributed by atoms with Crippen LogP contribution in [0.5, 0.6) is 0 Å². The fraction of sp³-hybridized carbons (Fsp3) is 0.263. The van der Waals surface area contributed by atoms with E-state index in [0.717, 1.165) is 17.7 Å². The van der Waals surface area contributed by atoms with Crippen LogP contribution in [0.2, 0.25) is 5.02 Å². The van der Waals surface area contributed by atoms with Crippen LogP contribution in [-0.2, 0) is 15.8 Å². The summed E-state index contributed by atoms with van der Waals surface area (Å²) in [5.41, 5.74) is -1.33. The summed E-state index contributed by atoms with van der Waals surface area (Å²) in [5.74, 6) is -1.33. The van der Waals surface area contributed by atoms with Gasteiger partial charge in [-0.2, -0.15) is 13.2 Å². The Labute approximate surface area is 159 Å². The number of carbonyl (C=O) groups excluding carboxylic acids is 2. The van der Waals surface area contributed by atoms with Gasteiger partial charge in [0.2, 0.25) is 11.8 Å². The third-order valence-electron chi connectivity index (χ3n) is 4.06. The SMILES string of the molecule is Cc1ccccc1NC(=O)C(C)(C)C(=O)Nc1ccc(Cl)c(C(F)(F)F)c1. The first kappa shape index (κ1) is 20.8. The Balaban J connectivity index is 2.19. The zero-order valence-electron chi connectivity index (χ0n) is 14.9. The van der Waals surface area contributed by atoms with E-state index in [9.17, 15) is 22.8 Å². The zero-order chi connectivity index (χ0) is 20.4. The van der Waals surface area contributed by atoms with Crippen molar-refractivity contribution in [2.75, 3.05) is 10.6 Å². The lowest BCUT2D eigenvalue weighted by Gasteiger charge is -2.23. The molecule has 0 spiro atoms. The third-order valence-corrected chi connectivity index (χ3v) is 4.39. The Morgan fingerprint density at radius 3 is 2.15 bits per heavy atom. The van der Waals surface area contributed by atoms with Crippen molar-refractivity contribution in [2.45, 2.75) is 26.9 Å². The minimum atomic E-state index is -4.66. The minimum Gasteiger partial charge on any atom is -0.325 e. The highest BCUT2D eigenvalue weighted by molar-refractivity contribution is 6.31. The smallest absolute Gasteiger partial charge is 0.325 e. The van der Waals surface area contributed by atoms with E-state index in [-0.39, 0.29) is 5.69 Å². The average molecular weight is 399 g/mol. The van der Waals surface area contributed by atoms with E-state index < -0.39 is 34.0 Å². The van der Waals surface area contributed by atoms with Crippen molar-refractivity contribution in [3.63, 3.8) is 0 Å². The monoisotopic (exact) mass is 398 g/mol. The molecule has 0 aliphatic heterocycles. The molecule has 2 rings (SSSR count). The van der Waals surface area contributed by atoms with Crippen molar-refractivity contribution >= 4 is 34.8 Å². The number of hydrogen-bond acceptors (Lipinski definition) is 2. The van der Waals surface area contributed by atoms with E-state index in [0.29, 0.717) is 5.69 Å². The van der Waals surface area contributed by atoms with E-state index in [4.69, 9.17) is 11.6 Å². The molecule has 4 nitrogen and oxygen atoms in total. The van der Waals surface area contributed by atoms with Crippen LogP contribution >= 0.6 is 11.6 Å². The molecule has 0 heterocycles. The van der Waals surface area contributed by atoms with Gasteiger partial charge in [-0.25, -0.2) is 0 Å². The first-order valence-electron chi connectivity index (χ1n) is 7.98. The molecule has 0 bridgehead atoms. The summed E-state index contributed by atoms with van der Waals surface area (Å²) in [7, 11) is 0. The van der Waals surface area contributed by atoms with Crippen molar-refractivity contribution in [1.82, 2.24) is 0 Å². The first-order chi connectivity index (χ1) is 12.4. The predicted octanol–water partition coefficient (Wildman–Crippen LogP) is 5.27. The summed E-state index contributed by atoms with van der Waals surface area (Å²) in [5, 5.41) is 4.53. The number of aryl methyl sites for hydroxylation is 1. The van der Waals surface area contributed by atoms with Gasteiger partial charge < -0.3 is 10.6 Å².